The largest absolute Gasteiger partial charge is 0.453 e. The minimum Gasteiger partial charge on any atom is -0.453 e. The van der Waals surface area contributed by atoms with Crippen LogP contribution in [0, 0.1) is 0 Å². The first-order chi connectivity index (χ1) is 10.6. The molecule has 1 N–H and O–H groups in total. The van der Waals surface area contributed by atoms with Crippen LogP contribution < -0.4 is 5.32 Å². The van der Waals surface area contributed by atoms with Crippen LogP contribution in [0.15, 0.2) is 39.1 Å². The molecule has 22 heavy (non-hydrogen) atoms. The lowest BCUT2D eigenvalue weighted by Gasteiger charge is -2.02. The van der Waals surface area contributed by atoms with Crippen molar-refractivity contribution in [3.63, 3.8) is 0 Å². The molecule has 0 radical (unpaired) electrons. The molecule has 2 aromatic heterocycles. The fraction of sp³-hybridized carbons (Fsp3) is 0.267. The molecule has 7 heteroatoms. The molecule has 114 valence electrons. The molecule has 0 atom stereocenters. The Kier molecular flexibility index (Phi) is 4.44. The van der Waals surface area contributed by atoms with Gasteiger partial charge in [-0.25, -0.2) is 0 Å². The highest BCUT2D eigenvalue weighted by molar-refractivity contribution is 8.01. The van der Waals surface area contributed by atoms with Crippen molar-refractivity contribution in [1.82, 2.24) is 10.2 Å². The van der Waals surface area contributed by atoms with Gasteiger partial charge in [0.25, 0.3) is 0 Å². The van der Waals surface area contributed by atoms with E-state index in [0.29, 0.717) is 11.8 Å². The van der Waals surface area contributed by atoms with Crippen LogP contribution in [0.4, 0.5) is 5.13 Å². The fourth-order valence-electron chi connectivity index (χ4n) is 1.89. The Balaban J connectivity index is 1.63. The normalized spacial score (nSPS) is 11.2. The topological polar surface area (TPSA) is 68.0 Å². The standard InChI is InChI=1S/C15H15N3O2S2/c1-9(2)16-14-17-18-15(22-14)21-8-11(19)13-7-10-5-3-4-6-12(10)20-13/h3-7,9H,8H2,1-2H3,(H,16,17). The smallest absolute Gasteiger partial charge is 0.208 e. The summed E-state index contributed by atoms with van der Waals surface area (Å²) in [7, 11) is 0. The quantitative estimate of drug-likeness (QED) is 0.541. The van der Waals surface area contributed by atoms with E-state index in [1.807, 2.05) is 38.1 Å². The monoisotopic (exact) mass is 333 g/mol. The summed E-state index contributed by atoms with van der Waals surface area (Å²) in [5.41, 5.74) is 0.732. The lowest BCUT2D eigenvalue weighted by Crippen LogP contribution is -2.08. The molecule has 0 amide bonds. The third-order valence-corrected chi connectivity index (χ3v) is 4.83. The number of fused-ring (bicyclic) bond motifs is 1. The summed E-state index contributed by atoms with van der Waals surface area (Å²) in [6.45, 7) is 4.08. The van der Waals surface area contributed by atoms with Gasteiger partial charge in [-0.3, -0.25) is 4.79 Å². The summed E-state index contributed by atoms with van der Waals surface area (Å²) in [5.74, 6) is 0.629. The van der Waals surface area contributed by atoms with Crippen molar-refractivity contribution in [2.45, 2.75) is 24.2 Å². The van der Waals surface area contributed by atoms with Gasteiger partial charge in [-0.2, -0.15) is 0 Å². The second kappa shape index (κ2) is 6.50. The van der Waals surface area contributed by atoms with E-state index in [0.717, 1.165) is 20.4 Å². The maximum Gasteiger partial charge on any atom is 0.208 e. The van der Waals surface area contributed by atoms with Crippen LogP contribution >= 0.6 is 23.1 Å². The first-order valence-corrected chi connectivity index (χ1v) is 8.66. The highest BCUT2D eigenvalue weighted by Gasteiger charge is 2.14. The van der Waals surface area contributed by atoms with Gasteiger partial charge < -0.3 is 9.73 Å². The third-order valence-electron chi connectivity index (χ3n) is 2.85. The Morgan fingerprint density at radius 3 is 2.95 bits per heavy atom. The van der Waals surface area contributed by atoms with Crippen molar-refractivity contribution in [3.05, 3.63) is 36.1 Å². The van der Waals surface area contributed by atoms with Crippen molar-refractivity contribution in [1.29, 1.82) is 0 Å². The SMILES string of the molecule is CC(C)Nc1nnc(SCC(=O)c2cc3ccccc3o2)s1. The number of para-hydroxylation sites is 1. The van der Waals surface area contributed by atoms with E-state index in [-0.39, 0.29) is 11.5 Å². The van der Waals surface area contributed by atoms with Gasteiger partial charge in [0.2, 0.25) is 10.9 Å². The van der Waals surface area contributed by atoms with E-state index in [1.165, 1.54) is 23.1 Å². The molecule has 3 rings (SSSR count). The van der Waals surface area contributed by atoms with E-state index in [9.17, 15) is 4.79 Å². The Bertz CT molecular complexity index is 762. The Hall–Kier alpha value is -1.86. The molecule has 0 fully saturated rings. The van der Waals surface area contributed by atoms with E-state index < -0.39 is 0 Å². The van der Waals surface area contributed by atoms with Crippen LogP contribution in [0.5, 0.6) is 0 Å². The van der Waals surface area contributed by atoms with Gasteiger partial charge in [-0.05, 0) is 26.0 Å². The zero-order chi connectivity index (χ0) is 15.5. The Morgan fingerprint density at radius 1 is 1.36 bits per heavy atom. The van der Waals surface area contributed by atoms with Gasteiger partial charge in [-0.15, -0.1) is 10.2 Å². The van der Waals surface area contributed by atoms with Crippen LogP contribution in [0.2, 0.25) is 0 Å². The number of ketones is 1. The molecule has 0 saturated heterocycles. The molecule has 3 aromatic rings. The Labute approximate surface area is 136 Å². The van der Waals surface area contributed by atoms with Crippen molar-refractivity contribution in [2.24, 2.45) is 0 Å². The van der Waals surface area contributed by atoms with Gasteiger partial charge in [0.15, 0.2) is 10.1 Å². The fourth-order valence-corrected chi connectivity index (χ4v) is 3.66. The van der Waals surface area contributed by atoms with E-state index >= 15 is 0 Å². The summed E-state index contributed by atoms with van der Waals surface area (Å²) in [4.78, 5) is 12.2. The molecule has 0 bridgehead atoms. The molecule has 0 saturated carbocycles. The first-order valence-electron chi connectivity index (χ1n) is 6.86. The summed E-state index contributed by atoms with van der Waals surface area (Å²) in [6.07, 6.45) is 0. The summed E-state index contributed by atoms with van der Waals surface area (Å²) < 4.78 is 6.34. The molecule has 1 aromatic carbocycles. The van der Waals surface area contributed by atoms with E-state index in [2.05, 4.69) is 15.5 Å². The van der Waals surface area contributed by atoms with Crippen LogP contribution in [-0.4, -0.2) is 27.8 Å². The highest BCUT2D eigenvalue weighted by Crippen LogP contribution is 2.27. The second-order valence-corrected chi connectivity index (χ2v) is 7.23. The summed E-state index contributed by atoms with van der Waals surface area (Å²) in [6, 6.07) is 9.68. The molecule has 5 nitrogen and oxygen atoms in total. The number of nitrogens with one attached hydrogen (secondary N) is 1. The number of hydrogen-bond acceptors (Lipinski definition) is 7. The van der Waals surface area contributed by atoms with Crippen LogP contribution in [0.3, 0.4) is 0 Å². The van der Waals surface area contributed by atoms with Crippen LogP contribution in [0.25, 0.3) is 11.0 Å². The predicted octanol–water partition coefficient (Wildman–Crippen LogP) is 4.08. The number of carbonyl (C=O) groups is 1. The van der Waals surface area contributed by atoms with E-state index in [4.69, 9.17) is 4.42 Å². The van der Waals surface area contributed by atoms with Gasteiger partial charge in [0.1, 0.15) is 5.58 Å². The molecule has 2 heterocycles. The summed E-state index contributed by atoms with van der Waals surface area (Å²) >= 11 is 2.83. The average Bonchev–Trinajstić information content (AvgIpc) is 3.10. The van der Waals surface area contributed by atoms with E-state index in [1.54, 1.807) is 6.07 Å². The van der Waals surface area contributed by atoms with Gasteiger partial charge in [0.05, 0.1) is 5.75 Å². The summed E-state index contributed by atoms with van der Waals surface area (Å²) in [5, 5.41) is 13.0. The van der Waals surface area contributed by atoms with Gasteiger partial charge >= 0.3 is 0 Å². The highest BCUT2D eigenvalue weighted by atomic mass is 32.2. The van der Waals surface area contributed by atoms with Crippen molar-refractivity contribution < 1.29 is 9.21 Å². The van der Waals surface area contributed by atoms with Gasteiger partial charge in [-0.1, -0.05) is 41.3 Å². The van der Waals surface area contributed by atoms with Gasteiger partial charge in [0, 0.05) is 11.4 Å². The zero-order valence-corrected chi connectivity index (χ0v) is 13.8. The second-order valence-electron chi connectivity index (χ2n) is 5.03. The number of Topliss-reactive ketones (excluding diaryl/α,β-unsaturated/α-hetero) is 1. The van der Waals surface area contributed by atoms with Crippen LogP contribution in [-0.2, 0) is 0 Å². The number of anilines is 1. The molecule has 0 spiro atoms. The maximum atomic E-state index is 12.2. The molecule has 0 aliphatic rings. The molecular weight excluding hydrogens is 318 g/mol. The average molecular weight is 333 g/mol. The minimum absolute atomic E-state index is 0.0465. The lowest BCUT2D eigenvalue weighted by molar-refractivity contribution is 0.0994. The molecule has 0 aliphatic carbocycles. The number of furan rings is 1. The lowest BCUT2D eigenvalue weighted by atomic mass is 10.2. The number of carbonyl (C=O) groups excluding carboxylic acids is 1. The van der Waals surface area contributed by atoms with Crippen molar-refractivity contribution in [2.75, 3.05) is 11.1 Å². The molecule has 0 unspecified atom stereocenters. The number of nitrogens with zero attached hydrogens (tertiary/aromatic N) is 2. The molecular formula is C15H15N3O2S2. The number of thioether (sulfide) groups is 1. The number of aromatic nitrogens is 2. The number of benzene rings is 1. The molecule has 0 aliphatic heterocycles. The zero-order valence-electron chi connectivity index (χ0n) is 12.2. The van der Waals surface area contributed by atoms with Crippen molar-refractivity contribution in [3.8, 4) is 0 Å². The first kappa shape index (κ1) is 15.1. The van der Waals surface area contributed by atoms with Crippen LogP contribution in [0.1, 0.15) is 24.4 Å². The maximum absolute atomic E-state index is 12.2. The number of rotatable bonds is 6. The third kappa shape index (κ3) is 3.48. The van der Waals surface area contributed by atoms with Crippen molar-refractivity contribution >= 4 is 45.0 Å². The predicted molar refractivity (Wildman–Crippen MR) is 89.9 cm³/mol. The minimum atomic E-state index is -0.0465. The Morgan fingerprint density at radius 2 is 2.18 bits per heavy atom. The number of hydrogen-bond donors (Lipinski definition) is 1.